The third kappa shape index (κ3) is 6.88. The number of nitrogens with one attached hydrogen (secondary N) is 1. The van der Waals surface area contributed by atoms with Crippen molar-refractivity contribution < 1.29 is 23.7 Å². The lowest BCUT2D eigenvalue weighted by molar-refractivity contribution is 0.162. The first-order valence-corrected chi connectivity index (χ1v) is 13.8. The van der Waals surface area contributed by atoms with Crippen LogP contribution in [0.3, 0.4) is 0 Å². The zero-order valence-corrected chi connectivity index (χ0v) is 24.2. The number of methoxy groups -OCH3 is 2. The summed E-state index contributed by atoms with van der Waals surface area (Å²) in [5.41, 5.74) is 4.31. The second-order valence-electron chi connectivity index (χ2n) is 8.87. The van der Waals surface area contributed by atoms with Gasteiger partial charge < -0.3 is 18.9 Å². The van der Waals surface area contributed by atoms with E-state index in [2.05, 4.69) is 10.3 Å². The molecular weight excluding hydrogens is 536 g/mol. The number of anilines is 1. The Morgan fingerprint density at radius 1 is 0.923 bits per heavy atom. The number of fused-ring (bicyclic) bond motifs is 1. The number of aryl methyl sites for hydroxylation is 1. The summed E-state index contributed by atoms with van der Waals surface area (Å²) in [6.45, 7) is 6.24. The third-order valence-electron chi connectivity index (χ3n) is 6.32. The Morgan fingerprint density at radius 2 is 1.69 bits per heavy atom. The van der Waals surface area contributed by atoms with E-state index in [1.807, 2.05) is 63.2 Å². The molecule has 0 aliphatic carbocycles. The Labute approximate surface area is 237 Å². The molecule has 0 aliphatic heterocycles. The van der Waals surface area contributed by atoms with E-state index in [1.165, 1.54) is 4.90 Å². The Hall–Kier alpha value is -3.62. The van der Waals surface area contributed by atoms with Crippen LogP contribution in [-0.4, -0.2) is 37.7 Å². The molecule has 4 rings (SSSR count). The van der Waals surface area contributed by atoms with E-state index in [1.54, 1.807) is 38.2 Å². The Bertz CT molecular complexity index is 1490. The molecule has 0 fully saturated rings. The Kier molecular flexibility index (Phi) is 9.43. The smallest absolute Gasteiger partial charge is 0.411 e. The third-order valence-corrected chi connectivity index (χ3v) is 7.81. The second kappa shape index (κ2) is 13.0. The molecule has 0 atom stereocenters. The van der Waals surface area contributed by atoms with Crippen molar-refractivity contribution in [3.63, 3.8) is 0 Å². The summed E-state index contributed by atoms with van der Waals surface area (Å²) in [7, 11) is 3.18. The van der Waals surface area contributed by atoms with Crippen LogP contribution in [0.1, 0.15) is 23.1 Å². The fraction of sp³-hybridized carbons (Fsp3) is 0.267. The van der Waals surface area contributed by atoms with Crippen LogP contribution in [0.5, 0.6) is 23.0 Å². The summed E-state index contributed by atoms with van der Waals surface area (Å²) in [6.07, 6.45) is 1.94. The molecule has 0 saturated heterocycles. The van der Waals surface area contributed by atoms with Crippen LogP contribution in [0, 0.1) is 20.8 Å². The van der Waals surface area contributed by atoms with Crippen molar-refractivity contribution in [1.82, 2.24) is 4.98 Å². The standard InChI is InChI=1S/C30H31ClN2O5S/c1-18-15-21(31)7-10-29(18)39-14-6-13-37-30(34)33-23-8-9-25(20(3)19(23)2)38-26-11-12-32-24-17-28(36-5)27(35-4)16-22(24)26/h7-12,15-17H,6,13-14H2,1-5H3,(H,33,34). The van der Waals surface area contributed by atoms with Crippen LogP contribution >= 0.6 is 23.4 Å². The number of pyridine rings is 1. The number of benzene rings is 3. The number of carbonyl (C=O) groups is 1. The highest BCUT2D eigenvalue weighted by atomic mass is 35.5. The van der Waals surface area contributed by atoms with E-state index in [0.29, 0.717) is 35.3 Å². The average Bonchev–Trinajstić information content (AvgIpc) is 2.93. The number of rotatable bonds is 10. The summed E-state index contributed by atoms with van der Waals surface area (Å²) >= 11 is 7.74. The highest BCUT2D eigenvalue weighted by Crippen LogP contribution is 2.38. The number of nitrogens with zero attached hydrogens (tertiary/aromatic N) is 1. The predicted molar refractivity (Wildman–Crippen MR) is 157 cm³/mol. The number of carbonyl (C=O) groups excluding carboxylic acids is 1. The number of thioether (sulfide) groups is 1. The Balaban J connectivity index is 1.36. The molecule has 1 heterocycles. The summed E-state index contributed by atoms with van der Waals surface area (Å²) in [5.74, 6) is 3.33. The topological polar surface area (TPSA) is 78.9 Å². The number of halogens is 1. The summed E-state index contributed by atoms with van der Waals surface area (Å²) in [4.78, 5) is 18.0. The average molecular weight is 567 g/mol. The van der Waals surface area contributed by atoms with Crippen molar-refractivity contribution in [2.24, 2.45) is 0 Å². The lowest BCUT2D eigenvalue weighted by Gasteiger charge is -2.16. The van der Waals surface area contributed by atoms with Crippen LogP contribution in [0.15, 0.2) is 59.6 Å². The van der Waals surface area contributed by atoms with E-state index >= 15 is 0 Å². The molecule has 0 unspecified atom stereocenters. The van der Waals surface area contributed by atoms with Gasteiger partial charge in [-0.2, -0.15) is 0 Å². The van der Waals surface area contributed by atoms with Gasteiger partial charge in [0.25, 0.3) is 0 Å². The first kappa shape index (κ1) is 28.4. The normalized spacial score (nSPS) is 10.8. The van der Waals surface area contributed by atoms with Gasteiger partial charge in [-0.15, -0.1) is 11.8 Å². The molecule has 39 heavy (non-hydrogen) atoms. The predicted octanol–water partition coefficient (Wildman–Crippen LogP) is 8.35. The zero-order chi connectivity index (χ0) is 27.9. The second-order valence-corrected chi connectivity index (χ2v) is 10.4. The van der Waals surface area contributed by atoms with Crippen LogP contribution in [-0.2, 0) is 4.74 Å². The van der Waals surface area contributed by atoms with Crippen LogP contribution < -0.4 is 19.5 Å². The molecule has 0 saturated carbocycles. The van der Waals surface area contributed by atoms with Gasteiger partial charge in [0, 0.05) is 39.0 Å². The molecule has 1 amide bonds. The van der Waals surface area contributed by atoms with E-state index in [-0.39, 0.29) is 0 Å². The maximum Gasteiger partial charge on any atom is 0.411 e. The van der Waals surface area contributed by atoms with Gasteiger partial charge in [0.1, 0.15) is 11.5 Å². The van der Waals surface area contributed by atoms with Crippen molar-refractivity contribution >= 4 is 46.0 Å². The number of hydrogen-bond acceptors (Lipinski definition) is 7. The largest absolute Gasteiger partial charge is 0.493 e. The van der Waals surface area contributed by atoms with E-state index < -0.39 is 6.09 Å². The lowest BCUT2D eigenvalue weighted by atomic mass is 10.1. The minimum atomic E-state index is -0.486. The molecule has 0 aliphatic rings. The molecule has 3 aromatic carbocycles. The van der Waals surface area contributed by atoms with E-state index in [4.69, 9.17) is 30.5 Å². The van der Waals surface area contributed by atoms with Crippen molar-refractivity contribution in [1.29, 1.82) is 0 Å². The van der Waals surface area contributed by atoms with Crippen molar-refractivity contribution in [2.75, 3.05) is 31.9 Å². The van der Waals surface area contributed by atoms with Crippen molar-refractivity contribution in [3.05, 3.63) is 76.4 Å². The fourth-order valence-corrected chi connectivity index (χ4v) is 5.18. The minimum Gasteiger partial charge on any atom is -0.493 e. The van der Waals surface area contributed by atoms with Gasteiger partial charge in [0.15, 0.2) is 11.5 Å². The summed E-state index contributed by atoms with van der Waals surface area (Å²) < 4.78 is 22.5. The molecule has 0 spiro atoms. The summed E-state index contributed by atoms with van der Waals surface area (Å²) in [6, 6.07) is 15.0. The monoisotopic (exact) mass is 566 g/mol. The van der Waals surface area contributed by atoms with Gasteiger partial charge in [-0.05, 0) is 86.3 Å². The number of hydrogen-bond donors (Lipinski definition) is 1. The zero-order valence-electron chi connectivity index (χ0n) is 22.6. The molecule has 204 valence electrons. The highest BCUT2D eigenvalue weighted by Gasteiger charge is 2.15. The highest BCUT2D eigenvalue weighted by molar-refractivity contribution is 7.99. The molecule has 4 aromatic rings. The SMILES string of the molecule is COc1cc2nccc(Oc3ccc(NC(=O)OCCCSc4ccc(Cl)cc4C)c(C)c3C)c2cc1OC. The van der Waals surface area contributed by atoms with Crippen molar-refractivity contribution in [2.45, 2.75) is 32.1 Å². The lowest BCUT2D eigenvalue weighted by Crippen LogP contribution is -2.15. The molecular formula is C30H31ClN2O5S. The van der Waals surface area contributed by atoms with Gasteiger partial charge in [-0.25, -0.2) is 4.79 Å². The van der Waals surface area contributed by atoms with Crippen LogP contribution in [0.2, 0.25) is 5.02 Å². The van der Waals surface area contributed by atoms with Gasteiger partial charge in [-0.3, -0.25) is 10.3 Å². The first-order valence-electron chi connectivity index (χ1n) is 12.4. The summed E-state index contributed by atoms with van der Waals surface area (Å²) in [5, 5.41) is 4.37. The maximum atomic E-state index is 12.4. The van der Waals surface area contributed by atoms with E-state index in [0.717, 1.165) is 44.8 Å². The molecule has 7 nitrogen and oxygen atoms in total. The minimum absolute atomic E-state index is 0.327. The molecule has 0 radical (unpaired) electrons. The quantitative estimate of drug-likeness (QED) is 0.153. The van der Waals surface area contributed by atoms with Gasteiger partial charge >= 0.3 is 6.09 Å². The van der Waals surface area contributed by atoms with Crippen LogP contribution in [0.4, 0.5) is 10.5 Å². The first-order chi connectivity index (χ1) is 18.8. The number of amides is 1. The van der Waals surface area contributed by atoms with Gasteiger partial charge in [0.05, 0.1) is 26.3 Å². The molecule has 9 heteroatoms. The molecule has 1 N–H and O–H groups in total. The van der Waals surface area contributed by atoms with Gasteiger partial charge in [-0.1, -0.05) is 11.6 Å². The number of aromatic nitrogens is 1. The maximum absolute atomic E-state index is 12.4. The molecule has 0 bridgehead atoms. The Morgan fingerprint density at radius 3 is 2.44 bits per heavy atom. The molecule has 1 aromatic heterocycles. The number of ether oxygens (including phenoxy) is 4. The van der Waals surface area contributed by atoms with Crippen LogP contribution in [0.25, 0.3) is 10.9 Å². The fourth-order valence-electron chi connectivity index (χ4n) is 4.02. The van der Waals surface area contributed by atoms with E-state index in [9.17, 15) is 4.79 Å². The van der Waals surface area contributed by atoms with Crippen molar-refractivity contribution in [3.8, 4) is 23.0 Å². The van der Waals surface area contributed by atoms with Gasteiger partial charge in [0.2, 0.25) is 0 Å².